The van der Waals surface area contributed by atoms with Crippen molar-refractivity contribution < 1.29 is 0 Å². The minimum atomic E-state index is 0.248. The number of nitrogens with one attached hydrogen (secondary N) is 1. The van der Waals surface area contributed by atoms with Gasteiger partial charge in [0.05, 0.1) is 6.04 Å². The van der Waals surface area contributed by atoms with E-state index >= 15 is 0 Å². The minimum absolute atomic E-state index is 0.248. The van der Waals surface area contributed by atoms with E-state index in [1.165, 1.54) is 11.5 Å². The van der Waals surface area contributed by atoms with E-state index in [2.05, 4.69) is 18.9 Å². The van der Waals surface area contributed by atoms with Crippen molar-refractivity contribution in [2.24, 2.45) is 5.84 Å². The number of hydrogen-bond donors (Lipinski definition) is 2. The Bertz CT molecular complexity index is 152. The van der Waals surface area contributed by atoms with Crippen molar-refractivity contribution in [2.45, 2.75) is 23.5 Å². The molecule has 1 aliphatic heterocycles. The van der Waals surface area contributed by atoms with E-state index < -0.39 is 0 Å². The first-order valence-electron chi connectivity index (χ1n) is 4.11. The third-order valence-corrected chi connectivity index (χ3v) is 5.25. The minimum Gasteiger partial charge on any atom is -0.271 e. The van der Waals surface area contributed by atoms with Crippen LogP contribution in [0.4, 0.5) is 0 Å². The zero-order chi connectivity index (χ0) is 8.97. The van der Waals surface area contributed by atoms with Crippen molar-refractivity contribution in [3.05, 3.63) is 12.7 Å². The van der Waals surface area contributed by atoms with E-state index in [1.54, 1.807) is 0 Å². The van der Waals surface area contributed by atoms with Crippen LogP contribution in [0, 0.1) is 0 Å². The molecule has 12 heavy (non-hydrogen) atoms. The molecule has 2 nitrogen and oxygen atoms in total. The van der Waals surface area contributed by atoms with Crippen LogP contribution in [0.2, 0.25) is 0 Å². The average Bonchev–Trinajstić information content (AvgIpc) is 2.10. The Labute approximate surface area is 82.7 Å². The lowest BCUT2D eigenvalue weighted by molar-refractivity contribution is 0.588. The summed E-state index contributed by atoms with van der Waals surface area (Å²) in [6.45, 7) is 6.04. The number of nitrogens with two attached hydrogens (primary N) is 1. The lowest BCUT2D eigenvalue weighted by atomic mass is 10.1. The third kappa shape index (κ3) is 2.42. The molecule has 3 unspecified atom stereocenters. The molecule has 0 amide bonds. The summed E-state index contributed by atoms with van der Waals surface area (Å²) in [6, 6.07) is 0.248. The fraction of sp³-hybridized carbons (Fsp3) is 0.750. The zero-order valence-corrected chi connectivity index (χ0v) is 8.96. The Morgan fingerprint density at radius 2 is 2.25 bits per heavy atom. The molecule has 0 aliphatic carbocycles. The van der Waals surface area contributed by atoms with Crippen molar-refractivity contribution in [3.63, 3.8) is 0 Å². The predicted octanol–water partition coefficient (Wildman–Crippen LogP) is 1.24. The number of rotatable bonds is 3. The monoisotopic (exact) mass is 204 g/mol. The molecule has 0 bridgehead atoms. The second-order valence-corrected chi connectivity index (χ2v) is 5.61. The molecular weight excluding hydrogens is 188 g/mol. The molecule has 70 valence electrons. The topological polar surface area (TPSA) is 38.0 Å². The first kappa shape index (κ1) is 10.4. The van der Waals surface area contributed by atoms with Crippen LogP contribution in [0.5, 0.6) is 0 Å². The molecule has 4 heteroatoms. The molecule has 0 aromatic heterocycles. The molecule has 0 radical (unpaired) electrons. The van der Waals surface area contributed by atoms with Gasteiger partial charge in [-0.3, -0.25) is 11.3 Å². The highest BCUT2D eigenvalue weighted by Gasteiger charge is 2.27. The van der Waals surface area contributed by atoms with E-state index in [-0.39, 0.29) is 6.04 Å². The number of hydrazine groups is 1. The maximum atomic E-state index is 5.43. The summed E-state index contributed by atoms with van der Waals surface area (Å²) in [4.78, 5) is 0. The van der Waals surface area contributed by atoms with Gasteiger partial charge in [0.1, 0.15) is 0 Å². The van der Waals surface area contributed by atoms with Gasteiger partial charge in [0.15, 0.2) is 0 Å². The summed E-state index contributed by atoms with van der Waals surface area (Å²) in [5.41, 5.74) is 2.80. The molecule has 0 aromatic carbocycles. The second kappa shape index (κ2) is 5.17. The van der Waals surface area contributed by atoms with E-state index in [0.29, 0.717) is 10.5 Å². The fourth-order valence-electron chi connectivity index (χ4n) is 1.34. The highest BCUT2D eigenvalue weighted by atomic mass is 32.2. The summed E-state index contributed by atoms with van der Waals surface area (Å²) < 4.78 is 0. The molecule has 1 rings (SSSR count). The zero-order valence-electron chi connectivity index (χ0n) is 7.32. The van der Waals surface area contributed by atoms with Gasteiger partial charge >= 0.3 is 0 Å². The third-order valence-electron chi connectivity index (χ3n) is 2.04. The van der Waals surface area contributed by atoms with Gasteiger partial charge in [-0.25, -0.2) is 0 Å². The van der Waals surface area contributed by atoms with Gasteiger partial charge < -0.3 is 0 Å². The second-order valence-electron chi connectivity index (χ2n) is 2.84. The van der Waals surface area contributed by atoms with Crippen LogP contribution in [-0.2, 0) is 0 Å². The van der Waals surface area contributed by atoms with Crippen LogP contribution in [0.15, 0.2) is 12.7 Å². The van der Waals surface area contributed by atoms with Gasteiger partial charge in [-0.1, -0.05) is 13.0 Å². The summed E-state index contributed by atoms with van der Waals surface area (Å²) in [5, 5.41) is 1.24. The van der Waals surface area contributed by atoms with Crippen molar-refractivity contribution >= 4 is 23.5 Å². The van der Waals surface area contributed by atoms with E-state index in [4.69, 9.17) is 5.84 Å². The molecule has 0 spiro atoms. The smallest absolute Gasteiger partial charge is 0.0517 e. The molecule has 1 aliphatic rings. The molecule has 3 atom stereocenters. The van der Waals surface area contributed by atoms with Crippen molar-refractivity contribution in [2.75, 3.05) is 11.5 Å². The molecule has 0 aromatic rings. The highest BCUT2D eigenvalue weighted by molar-refractivity contribution is 8.07. The Morgan fingerprint density at radius 3 is 2.75 bits per heavy atom. The summed E-state index contributed by atoms with van der Waals surface area (Å²) >= 11 is 4.02. The summed E-state index contributed by atoms with van der Waals surface area (Å²) in [7, 11) is 0. The van der Waals surface area contributed by atoms with Gasteiger partial charge in [0, 0.05) is 22.0 Å². The van der Waals surface area contributed by atoms with E-state index in [1.807, 2.05) is 29.6 Å². The Balaban J connectivity index is 2.51. The molecule has 3 N–H and O–H groups in total. The van der Waals surface area contributed by atoms with Crippen LogP contribution in [0.1, 0.15) is 6.92 Å². The quantitative estimate of drug-likeness (QED) is 0.412. The van der Waals surface area contributed by atoms with Gasteiger partial charge in [-0.15, -0.1) is 6.58 Å². The van der Waals surface area contributed by atoms with Crippen molar-refractivity contribution in [3.8, 4) is 0 Å². The lowest BCUT2D eigenvalue weighted by Crippen LogP contribution is -2.46. The Hall–Kier alpha value is 0.360. The van der Waals surface area contributed by atoms with Gasteiger partial charge in [0.2, 0.25) is 0 Å². The molecule has 1 heterocycles. The SMILES string of the molecule is C=CC(NN)C1SCCSC1C. The van der Waals surface area contributed by atoms with Gasteiger partial charge in [-0.2, -0.15) is 23.5 Å². The fourth-order valence-corrected chi connectivity index (χ4v) is 4.25. The summed E-state index contributed by atoms with van der Waals surface area (Å²) in [6.07, 6.45) is 1.90. The van der Waals surface area contributed by atoms with Gasteiger partial charge in [0.25, 0.3) is 0 Å². The maximum absolute atomic E-state index is 5.43. The largest absolute Gasteiger partial charge is 0.271 e. The highest BCUT2D eigenvalue weighted by Crippen LogP contribution is 2.32. The van der Waals surface area contributed by atoms with Crippen LogP contribution in [0.25, 0.3) is 0 Å². The normalized spacial score (nSPS) is 32.8. The Morgan fingerprint density at radius 1 is 1.58 bits per heavy atom. The average molecular weight is 204 g/mol. The maximum Gasteiger partial charge on any atom is 0.0517 e. The van der Waals surface area contributed by atoms with Crippen LogP contribution < -0.4 is 11.3 Å². The van der Waals surface area contributed by atoms with Gasteiger partial charge in [-0.05, 0) is 0 Å². The molecule has 1 fully saturated rings. The standard InChI is InChI=1S/C8H16N2S2/c1-3-7(10-9)8-6(2)11-4-5-12-8/h3,6-8,10H,1,4-5,9H2,2H3. The Kier molecular flexibility index (Phi) is 4.50. The van der Waals surface area contributed by atoms with Crippen LogP contribution >= 0.6 is 23.5 Å². The number of hydrogen-bond acceptors (Lipinski definition) is 4. The van der Waals surface area contributed by atoms with Crippen molar-refractivity contribution in [1.29, 1.82) is 0 Å². The predicted molar refractivity (Wildman–Crippen MR) is 59.5 cm³/mol. The van der Waals surface area contributed by atoms with Crippen molar-refractivity contribution in [1.82, 2.24) is 5.43 Å². The molecule has 1 saturated heterocycles. The van der Waals surface area contributed by atoms with E-state index in [0.717, 1.165) is 0 Å². The van der Waals surface area contributed by atoms with E-state index in [9.17, 15) is 0 Å². The number of thioether (sulfide) groups is 2. The van der Waals surface area contributed by atoms with Crippen LogP contribution in [-0.4, -0.2) is 28.0 Å². The first-order valence-corrected chi connectivity index (χ1v) is 6.21. The first-order chi connectivity index (χ1) is 5.79. The molecular formula is C8H16N2S2. The lowest BCUT2D eigenvalue weighted by Gasteiger charge is -2.32. The van der Waals surface area contributed by atoms with Crippen LogP contribution in [0.3, 0.4) is 0 Å². The molecule has 0 saturated carbocycles. The summed E-state index contributed by atoms with van der Waals surface area (Å²) in [5.74, 6) is 7.92.